The first-order valence-electron chi connectivity index (χ1n) is 4.97. The Balaban J connectivity index is 2.47. The summed E-state index contributed by atoms with van der Waals surface area (Å²) in [4.78, 5) is 4.01. The highest BCUT2D eigenvalue weighted by Crippen LogP contribution is 2.24. The number of hydrogen-bond acceptors (Lipinski definition) is 3. The fourth-order valence-corrected chi connectivity index (χ4v) is 1.70. The Bertz CT molecular complexity index is 433. The lowest BCUT2D eigenvalue weighted by atomic mass is 10.0. The lowest BCUT2D eigenvalue weighted by Gasteiger charge is -2.02. The standard InChI is InChI=1S/C11H14N4/c1-8-11(9-3-6-13-7-4-9)10(2-5-12)15-14-8/h3-4,6-7H,2,5,12H2,1H3,(H,14,15). The number of nitrogens with two attached hydrogens (primary N) is 1. The molecule has 0 amide bonds. The summed E-state index contributed by atoms with van der Waals surface area (Å²) in [5, 5.41) is 7.25. The lowest BCUT2D eigenvalue weighted by Crippen LogP contribution is -2.04. The summed E-state index contributed by atoms with van der Waals surface area (Å²) in [6.45, 7) is 2.63. The molecule has 0 fully saturated rings. The van der Waals surface area contributed by atoms with Crippen LogP contribution in [0.5, 0.6) is 0 Å². The molecule has 2 aromatic heterocycles. The van der Waals surface area contributed by atoms with Gasteiger partial charge in [0.2, 0.25) is 0 Å². The molecule has 0 saturated heterocycles. The Hall–Kier alpha value is -1.68. The van der Waals surface area contributed by atoms with Crippen molar-refractivity contribution in [1.29, 1.82) is 0 Å². The van der Waals surface area contributed by atoms with E-state index in [-0.39, 0.29) is 0 Å². The van der Waals surface area contributed by atoms with Crippen LogP contribution in [0.1, 0.15) is 11.4 Å². The first-order valence-corrected chi connectivity index (χ1v) is 4.97. The van der Waals surface area contributed by atoms with E-state index in [9.17, 15) is 0 Å². The number of nitrogens with zero attached hydrogens (tertiary/aromatic N) is 2. The molecule has 4 heteroatoms. The monoisotopic (exact) mass is 202 g/mol. The molecule has 4 nitrogen and oxygen atoms in total. The SMILES string of the molecule is Cc1[nH]nc(CCN)c1-c1ccncc1. The second-order valence-corrected chi connectivity index (χ2v) is 3.44. The number of aryl methyl sites for hydroxylation is 1. The maximum absolute atomic E-state index is 5.55. The van der Waals surface area contributed by atoms with Crippen molar-refractivity contribution in [3.63, 3.8) is 0 Å². The number of aromatic amines is 1. The molecule has 0 radical (unpaired) electrons. The van der Waals surface area contributed by atoms with Crippen molar-refractivity contribution in [2.24, 2.45) is 5.73 Å². The van der Waals surface area contributed by atoms with Crippen LogP contribution in [0.3, 0.4) is 0 Å². The third-order valence-corrected chi connectivity index (χ3v) is 2.37. The average molecular weight is 202 g/mol. The molecule has 0 spiro atoms. The van der Waals surface area contributed by atoms with E-state index in [1.54, 1.807) is 12.4 Å². The van der Waals surface area contributed by atoms with E-state index in [4.69, 9.17) is 5.73 Å². The third kappa shape index (κ3) is 1.89. The van der Waals surface area contributed by atoms with E-state index >= 15 is 0 Å². The summed E-state index contributed by atoms with van der Waals surface area (Å²) in [6.07, 6.45) is 4.37. The molecule has 0 aliphatic heterocycles. The normalized spacial score (nSPS) is 10.5. The van der Waals surface area contributed by atoms with Gasteiger partial charge in [-0.2, -0.15) is 5.10 Å². The molecule has 2 rings (SSSR count). The van der Waals surface area contributed by atoms with Gasteiger partial charge in [0.05, 0.1) is 5.69 Å². The van der Waals surface area contributed by atoms with Gasteiger partial charge in [-0.3, -0.25) is 10.1 Å². The number of aromatic nitrogens is 3. The van der Waals surface area contributed by atoms with E-state index in [2.05, 4.69) is 15.2 Å². The number of H-pyrrole nitrogens is 1. The van der Waals surface area contributed by atoms with E-state index in [0.717, 1.165) is 28.9 Å². The average Bonchev–Trinajstić information content (AvgIpc) is 2.62. The number of pyridine rings is 1. The summed E-state index contributed by atoms with van der Waals surface area (Å²) >= 11 is 0. The second-order valence-electron chi connectivity index (χ2n) is 3.44. The minimum absolute atomic E-state index is 0.613. The van der Waals surface area contributed by atoms with Crippen LogP contribution in [0.4, 0.5) is 0 Å². The summed E-state index contributed by atoms with van der Waals surface area (Å²) in [7, 11) is 0. The van der Waals surface area contributed by atoms with Crippen molar-refractivity contribution < 1.29 is 0 Å². The van der Waals surface area contributed by atoms with Crippen molar-refractivity contribution in [3.05, 3.63) is 35.9 Å². The fourth-order valence-electron chi connectivity index (χ4n) is 1.70. The van der Waals surface area contributed by atoms with Crippen molar-refractivity contribution >= 4 is 0 Å². The molecule has 2 aromatic rings. The molecular weight excluding hydrogens is 188 g/mol. The van der Waals surface area contributed by atoms with Gasteiger partial charge in [-0.05, 0) is 31.2 Å². The van der Waals surface area contributed by atoms with Crippen LogP contribution in [-0.4, -0.2) is 21.7 Å². The Morgan fingerprint density at radius 1 is 1.33 bits per heavy atom. The highest BCUT2D eigenvalue weighted by atomic mass is 15.1. The van der Waals surface area contributed by atoms with E-state index in [1.165, 1.54) is 0 Å². The van der Waals surface area contributed by atoms with Crippen LogP contribution in [0, 0.1) is 6.92 Å². The van der Waals surface area contributed by atoms with Crippen LogP contribution in [-0.2, 0) is 6.42 Å². The summed E-state index contributed by atoms with van der Waals surface area (Å²) < 4.78 is 0. The van der Waals surface area contributed by atoms with E-state index < -0.39 is 0 Å². The Morgan fingerprint density at radius 3 is 2.73 bits per heavy atom. The largest absolute Gasteiger partial charge is 0.330 e. The van der Waals surface area contributed by atoms with Gasteiger partial charge in [-0.15, -0.1) is 0 Å². The van der Waals surface area contributed by atoms with E-state index in [0.29, 0.717) is 6.54 Å². The Morgan fingerprint density at radius 2 is 2.07 bits per heavy atom. The first kappa shape index (κ1) is 9.86. The van der Waals surface area contributed by atoms with Crippen molar-refractivity contribution in [3.8, 4) is 11.1 Å². The van der Waals surface area contributed by atoms with Crippen LogP contribution < -0.4 is 5.73 Å². The van der Waals surface area contributed by atoms with E-state index in [1.807, 2.05) is 19.1 Å². The molecule has 3 N–H and O–H groups in total. The molecule has 0 atom stereocenters. The van der Waals surface area contributed by atoms with Gasteiger partial charge >= 0.3 is 0 Å². The van der Waals surface area contributed by atoms with Crippen LogP contribution in [0.2, 0.25) is 0 Å². The zero-order valence-corrected chi connectivity index (χ0v) is 8.70. The zero-order valence-electron chi connectivity index (χ0n) is 8.70. The highest BCUT2D eigenvalue weighted by Gasteiger charge is 2.10. The molecule has 0 aromatic carbocycles. The maximum atomic E-state index is 5.55. The van der Waals surface area contributed by atoms with Crippen LogP contribution >= 0.6 is 0 Å². The second kappa shape index (κ2) is 4.23. The fraction of sp³-hybridized carbons (Fsp3) is 0.273. The summed E-state index contributed by atoms with van der Waals surface area (Å²) in [6, 6.07) is 3.97. The summed E-state index contributed by atoms with van der Waals surface area (Å²) in [5.41, 5.74) is 9.95. The zero-order chi connectivity index (χ0) is 10.7. The topological polar surface area (TPSA) is 67.6 Å². The predicted molar refractivity (Wildman–Crippen MR) is 59.3 cm³/mol. The smallest absolute Gasteiger partial charge is 0.0715 e. The van der Waals surface area contributed by atoms with Gasteiger partial charge in [0.1, 0.15) is 0 Å². The van der Waals surface area contributed by atoms with Gasteiger partial charge < -0.3 is 5.73 Å². The minimum atomic E-state index is 0.613. The molecule has 0 saturated carbocycles. The molecule has 0 unspecified atom stereocenters. The molecule has 0 aliphatic carbocycles. The van der Waals surface area contributed by atoms with Crippen molar-refractivity contribution in [2.75, 3.05) is 6.54 Å². The number of nitrogens with one attached hydrogen (secondary N) is 1. The van der Waals surface area contributed by atoms with Gasteiger partial charge in [0.15, 0.2) is 0 Å². The van der Waals surface area contributed by atoms with Gasteiger partial charge in [-0.1, -0.05) is 0 Å². The number of hydrogen-bond donors (Lipinski definition) is 2. The summed E-state index contributed by atoms with van der Waals surface area (Å²) in [5.74, 6) is 0. The van der Waals surface area contributed by atoms with Crippen LogP contribution in [0.25, 0.3) is 11.1 Å². The highest BCUT2D eigenvalue weighted by molar-refractivity contribution is 5.67. The Kier molecular flexibility index (Phi) is 2.78. The maximum Gasteiger partial charge on any atom is 0.0715 e. The lowest BCUT2D eigenvalue weighted by molar-refractivity contribution is 0.899. The molecule has 0 bridgehead atoms. The molecule has 0 aliphatic rings. The predicted octanol–water partition coefficient (Wildman–Crippen LogP) is 1.28. The minimum Gasteiger partial charge on any atom is -0.330 e. The molecule has 78 valence electrons. The molecular formula is C11H14N4. The quantitative estimate of drug-likeness (QED) is 0.787. The van der Waals surface area contributed by atoms with Gasteiger partial charge in [-0.25, -0.2) is 0 Å². The first-order chi connectivity index (χ1) is 7.33. The molecule has 2 heterocycles. The van der Waals surface area contributed by atoms with Crippen molar-refractivity contribution in [2.45, 2.75) is 13.3 Å². The van der Waals surface area contributed by atoms with Gasteiger partial charge in [0, 0.05) is 30.1 Å². The Labute approximate surface area is 88.5 Å². The number of rotatable bonds is 3. The molecule has 15 heavy (non-hydrogen) atoms. The van der Waals surface area contributed by atoms with Crippen molar-refractivity contribution in [1.82, 2.24) is 15.2 Å². The van der Waals surface area contributed by atoms with Gasteiger partial charge in [0.25, 0.3) is 0 Å². The van der Waals surface area contributed by atoms with Crippen LogP contribution in [0.15, 0.2) is 24.5 Å². The third-order valence-electron chi connectivity index (χ3n) is 2.37.